The minimum atomic E-state index is 0.469. The van der Waals surface area contributed by atoms with Crippen molar-refractivity contribution in [1.82, 2.24) is 20.4 Å². The third kappa shape index (κ3) is 6.21. The predicted octanol–water partition coefficient (Wildman–Crippen LogP) is 2.94. The van der Waals surface area contributed by atoms with Crippen molar-refractivity contribution in [2.24, 2.45) is 10.9 Å². The first-order chi connectivity index (χ1) is 13.7. The second kappa shape index (κ2) is 10.8. The largest absolute Gasteiger partial charge is 0.356 e. The van der Waals surface area contributed by atoms with Crippen LogP contribution < -0.4 is 10.6 Å². The number of piperidine rings is 1. The molecule has 156 valence electrons. The van der Waals surface area contributed by atoms with Crippen molar-refractivity contribution >= 4 is 5.96 Å². The summed E-state index contributed by atoms with van der Waals surface area (Å²) >= 11 is 0. The molecule has 2 heterocycles. The van der Waals surface area contributed by atoms with Gasteiger partial charge in [-0.05, 0) is 63.7 Å². The smallest absolute Gasteiger partial charge is 0.191 e. The van der Waals surface area contributed by atoms with Crippen LogP contribution in [0.25, 0.3) is 0 Å². The third-order valence-corrected chi connectivity index (χ3v) is 6.30. The molecule has 5 heteroatoms. The van der Waals surface area contributed by atoms with Crippen LogP contribution in [0.3, 0.4) is 0 Å². The van der Waals surface area contributed by atoms with Crippen LogP contribution >= 0.6 is 0 Å². The van der Waals surface area contributed by atoms with Crippen LogP contribution in [0.5, 0.6) is 0 Å². The molecule has 0 amide bonds. The molecule has 2 aliphatic rings. The van der Waals surface area contributed by atoms with Gasteiger partial charge in [0, 0.05) is 38.8 Å². The van der Waals surface area contributed by atoms with Gasteiger partial charge in [0.25, 0.3) is 0 Å². The summed E-state index contributed by atoms with van der Waals surface area (Å²) in [5.74, 6) is 1.73. The lowest BCUT2D eigenvalue weighted by atomic mass is 9.97. The molecule has 3 rings (SSSR count). The summed E-state index contributed by atoms with van der Waals surface area (Å²) in [7, 11) is 1.89. The highest BCUT2D eigenvalue weighted by Crippen LogP contribution is 2.20. The molecule has 0 saturated carbocycles. The fraction of sp³-hybridized carbons (Fsp3) is 0.696. The Morgan fingerprint density at radius 2 is 1.93 bits per heavy atom. The summed E-state index contributed by atoms with van der Waals surface area (Å²) in [6.45, 7) is 11.5. The first-order valence-electron chi connectivity index (χ1n) is 11.2. The minimum Gasteiger partial charge on any atom is -0.356 e. The standard InChI is InChI=1S/C23H39N5/c1-4-12-27-13-10-20(11-14-27)16-25-23(24-3)26-22-15-19(2)28(18-22)17-21-8-6-5-7-9-21/h5-9,19-20,22H,4,10-18H2,1-3H3,(H2,24,25,26). The maximum atomic E-state index is 4.48. The quantitative estimate of drug-likeness (QED) is 0.559. The number of rotatable bonds is 7. The van der Waals surface area contributed by atoms with E-state index >= 15 is 0 Å². The summed E-state index contributed by atoms with van der Waals surface area (Å²) < 4.78 is 0. The predicted molar refractivity (Wildman–Crippen MR) is 119 cm³/mol. The van der Waals surface area contributed by atoms with E-state index < -0.39 is 0 Å². The number of aliphatic imine (C=N–C) groups is 1. The molecule has 5 nitrogen and oxygen atoms in total. The molecule has 0 radical (unpaired) electrons. The van der Waals surface area contributed by atoms with Gasteiger partial charge in [-0.2, -0.15) is 0 Å². The Bertz CT molecular complexity index is 594. The van der Waals surface area contributed by atoms with Gasteiger partial charge < -0.3 is 15.5 Å². The zero-order valence-electron chi connectivity index (χ0n) is 18.0. The number of likely N-dealkylation sites (tertiary alicyclic amines) is 2. The van der Waals surface area contributed by atoms with Gasteiger partial charge in [-0.25, -0.2) is 0 Å². The molecule has 2 saturated heterocycles. The Morgan fingerprint density at radius 1 is 1.18 bits per heavy atom. The Balaban J connectivity index is 1.40. The van der Waals surface area contributed by atoms with E-state index in [0.29, 0.717) is 12.1 Å². The molecule has 0 aromatic heterocycles. The Labute approximate surface area is 171 Å². The molecular weight excluding hydrogens is 346 g/mol. The van der Waals surface area contributed by atoms with Gasteiger partial charge >= 0.3 is 0 Å². The van der Waals surface area contributed by atoms with Crippen molar-refractivity contribution in [3.8, 4) is 0 Å². The van der Waals surface area contributed by atoms with E-state index in [1.807, 2.05) is 7.05 Å². The van der Waals surface area contributed by atoms with E-state index in [0.717, 1.165) is 31.5 Å². The number of hydrogen-bond acceptors (Lipinski definition) is 3. The van der Waals surface area contributed by atoms with Crippen LogP contribution in [0.4, 0.5) is 0 Å². The molecule has 28 heavy (non-hydrogen) atoms. The van der Waals surface area contributed by atoms with Crippen molar-refractivity contribution in [2.45, 2.75) is 58.2 Å². The molecular formula is C23H39N5. The molecule has 0 bridgehead atoms. The highest BCUT2D eigenvalue weighted by molar-refractivity contribution is 5.80. The lowest BCUT2D eigenvalue weighted by Gasteiger charge is -2.32. The molecule has 1 aromatic carbocycles. The molecule has 2 aliphatic heterocycles. The van der Waals surface area contributed by atoms with Gasteiger partial charge in [-0.15, -0.1) is 0 Å². The Morgan fingerprint density at radius 3 is 2.61 bits per heavy atom. The van der Waals surface area contributed by atoms with Crippen molar-refractivity contribution in [3.63, 3.8) is 0 Å². The molecule has 2 N–H and O–H groups in total. The first-order valence-corrected chi connectivity index (χ1v) is 11.2. The Hall–Kier alpha value is -1.59. The van der Waals surface area contributed by atoms with E-state index in [1.54, 1.807) is 0 Å². The lowest BCUT2D eigenvalue weighted by Crippen LogP contribution is -2.47. The van der Waals surface area contributed by atoms with E-state index in [9.17, 15) is 0 Å². The van der Waals surface area contributed by atoms with Crippen LogP contribution in [-0.4, -0.2) is 67.6 Å². The molecule has 1 aromatic rings. The summed E-state index contributed by atoms with van der Waals surface area (Å²) in [6, 6.07) is 11.9. The molecule has 0 spiro atoms. The van der Waals surface area contributed by atoms with Gasteiger partial charge in [-0.3, -0.25) is 9.89 Å². The summed E-state index contributed by atoms with van der Waals surface area (Å²) in [6.07, 6.45) is 5.04. The number of nitrogens with one attached hydrogen (secondary N) is 2. The van der Waals surface area contributed by atoms with Gasteiger partial charge in [0.1, 0.15) is 0 Å². The summed E-state index contributed by atoms with van der Waals surface area (Å²) in [5.41, 5.74) is 1.40. The maximum Gasteiger partial charge on any atom is 0.191 e. The van der Waals surface area contributed by atoms with Gasteiger partial charge in [0.2, 0.25) is 0 Å². The van der Waals surface area contributed by atoms with Crippen molar-refractivity contribution < 1.29 is 0 Å². The lowest BCUT2D eigenvalue weighted by molar-refractivity contribution is 0.185. The van der Waals surface area contributed by atoms with Crippen LogP contribution in [0.2, 0.25) is 0 Å². The first kappa shape index (κ1) is 21.1. The highest BCUT2D eigenvalue weighted by atomic mass is 15.3. The van der Waals surface area contributed by atoms with Gasteiger partial charge in [-0.1, -0.05) is 37.3 Å². The van der Waals surface area contributed by atoms with Crippen molar-refractivity contribution in [2.75, 3.05) is 39.8 Å². The van der Waals surface area contributed by atoms with Crippen molar-refractivity contribution in [1.29, 1.82) is 0 Å². The highest BCUT2D eigenvalue weighted by Gasteiger charge is 2.29. The van der Waals surface area contributed by atoms with Crippen LogP contribution in [0, 0.1) is 5.92 Å². The normalized spacial score (nSPS) is 25.2. The van der Waals surface area contributed by atoms with Gasteiger partial charge in [0.15, 0.2) is 5.96 Å². The summed E-state index contributed by atoms with van der Waals surface area (Å²) in [4.78, 5) is 9.66. The fourth-order valence-corrected chi connectivity index (χ4v) is 4.60. The van der Waals surface area contributed by atoms with Crippen LogP contribution in [0.1, 0.15) is 45.1 Å². The fourth-order valence-electron chi connectivity index (χ4n) is 4.60. The van der Waals surface area contributed by atoms with Crippen molar-refractivity contribution in [3.05, 3.63) is 35.9 Å². The zero-order chi connectivity index (χ0) is 19.8. The number of nitrogens with zero attached hydrogens (tertiary/aromatic N) is 3. The van der Waals surface area contributed by atoms with E-state index in [4.69, 9.17) is 0 Å². The number of guanidine groups is 1. The summed E-state index contributed by atoms with van der Waals surface area (Å²) in [5, 5.41) is 7.26. The third-order valence-electron chi connectivity index (χ3n) is 6.30. The Kier molecular flexibility index (Phi) is 8.16. The van der Waals surface area contributed by atoms with Crippen LogP contribution in [0.15, 0.2) is 35.3 Å². The van der Waals surface area contributed by atoms with E-state index in [2.05, 4.69) is 69.6 Å². The van der Waals surface area contributed by atoms with E-state index in [1.165, 1.54) is 50.9 Å². The molecule has 2 unspecified atom stereocenters. The van der Waals surface area contributed by atoms with Gasteiger partial charge in [0.05, 0.1) is 0 Å². The van der Waals surface area contributed by atoms with Crippen LogP contribution in [-0.2, 0) is 6.54 Å². The molecule has 2 fully saturated rings. The van der Waals surface area contributed by atoms with E-state index in [-0.39, 0.29) is 0 Å². The molecule has 0 aliphatic carbocycles. The average Bonchev–Trinajstić information content (AvgIpc) is 3.06. The number of benzene rings is 1. The zero-order valence-corrected chi connectivity index (χ0v) is 18.0. The maximum absolute atomic E-state index is 4.48. The minimum absolute atomic E-state index is 0.469. The topological polar surface area (TPSA) is 42.9 Å². The molecule has 2 atom stereocenters. The SMILES string of the molecule is CCCN1CCC(CNC(=NC)NC2CC(C)N(Cc3ccccc3)C2)CC1. The second-order valence-corrected chi connectivity index (χ2v) is 8.58. The average molecular weight is 386 g/mol. The number of hydrogen-bond donors (Lipinski definition) is 2. The monoisotopic (exact) mass is 385 g/mol. The second-order valence-electron chi connectivity index (χ2n) is 8.58.